The maximum absolute atomic E-state index is 12.3. The highest BCUT2D eigenvalue weighted by atomic mass is 16.6. The fourth-order valence-electron chi connectivity index (χ4n) is 3.25. The summed E-state index contributed by atoms with van der Waals surface area (Å²) in [5.41, 5.74) is 0.518. The first kappa shape index (κ1) is 18.4. The predicted octanol–water partition coefficient (Wildman–Crippen LogP) is 3.17. The van der Waals surface area contributed by atoms with Gasteiger partial charge in [0.1, 0.15) is 0 Å². The molecule has 6 nitrogen and oxygen atoms in total. The summed E-state index contributed by atoms with van der Waals surface area (Å²) in [4.78, 5) is 23.2. The SMILES string of the molecule is CC(C)(C)c1ccc(C(=O)NCC2CCCC(O)C2)cc1[N+](=O)[O-]. The molecular weight excluding hydrogens is 308 g/mol. The van der Waals surface area contributed by atoms with Crippen LogP contribution in [-0.4, -0.2) is 28.6 Å². The van der Waals surface area contributed by atoms with Crippen LogP contribution in [0.25, 0.3) is 0 Å². The molecule has 2 unspecified atom stereocenters. The molecule has 1 aromatic carbocycles. The maximum Gasteiger partial charge on any atom is 0.273 e. The second-order valence-electron chi connectivity index (χ2n) is 7.64. The van der Waals surface area contributed by atoms with Gasteiger partial charge in [-0.2, -0.15) is 0 Å². The molecule has 6 heteroatoms. The Kier molecular flexibility index (Phi) is 5.59. The summed E-state index contributed by atoms with van der Waals surface area (Å²) in [6.45, 7) is 6.21. The number of nitrogens with one attached hydrogen (secondary N) is 1. The number of rotatable bonds is 4. The lowest BCUT2D eigenvalue weighted by Crippen LogP contribution is -2.33. The number of carbonyl (C=O) groups is 1. The van der Waals surface area contributed by atoms with Crippen LogP contribution < -0.4 is 5.32 Å². The van der Waals surface area contributed by atoms with Crippen molar-refractivity contribution in [3.8, 4) is 0 Å². The Morgan fingerprint density at radius 2 is 2.08 bits per heavy atom. The van der Waals surface area contributed by atoms with Crippen molar-refractivity contribution in [2.75, 3.05) is 6.54 Å². The first-order valence-electron chi connectivity index (χ1n) is 8.43. The largest absolute Gasteiger partial charge is 0.393 e. The maximum atomic E-state index is 12.3. The zero-order valence-corrected chi connectivity index (χ0v) is 14.5. The van der Waals surface area contributed by atoms with Crippen LogP contribution in [0.5, 0.6) is 0 Å². The molecule has 1 saturated carbocycles. The van der Waals surface area contributed by atoms with Crippen LogP contribution in [0.1, 0.15) is 62.4 Å². The molecule has 0 radical (unpaired) electrons. The molecule has 0 heterocycles. The lowest BCUT2D eigenvalue weighted by Gasteiger charge is -2.26. The van der Waals surface area contributed by atoms with E-state index in [2.05, 4.69) is 5.32 Å². The second-order valence-corrected chi connectivity index (χ2v) is 7.64. The van der Waals surface area contributed by atoms with Crippen LogP contribution in [0.15, 0.2) is 18.2 Å². The van der Waals surface area contributed by atoms with Crippen LogP contribution in [0.4, 0.5) is 5.69 Å². The van der Waals surface area contributed by atoms with Crippen LogP contribution >= 0.6 is 0 Å². The first-order valence-corrected chi connectivity index (χ1v) is 8.43. The summed E-state index contributed by atoms with van der Waals surface area (Å²) >= 11 is 0. The van der Waals surface area contributed by atoms with Crippen molar-refractivity contribution < 1.29 is 14.8 Å². The van der Waals surface area contributed by atoms with Gasteiger partial charge in [0.15, 0.2) is 0 Å². The predicted molar refractivity (Wildman–Crippen MR) is 92.1 cm³/mol. The van der Waals surface area contributed by atoms with E-state index in [1.807, 2.05) is 20.8 Å². The number of nitro groups is 1. The number of aliphatic hydroxyl groups excluding tert-OH is 1. The van der Waals surface area contributed by atoms with Crippen molar-refractivity contribution in [1.29, 1.82) is 0 Å². The summed E-state index contributed by atoms with van der Waals surface area (Å²) in [6, 6.07) is 4.65. The second kappa shape index (κ2) is 7.30. The zero-order valence-electron chi connectivity index (χ0n) is 14.5. The van der Waals surface area contributed by atoms with Crippen molar-refractivity contribution >= 4 is 11.6 Å². The normalized spacial score (nSPS) is 21.3. The third-order valence-corrected chi connectivity index (χ3v) is 4.57. The molecule has 0 saturated heterocycles. The molecule has 2 atom stereocenters. The molecule has 2 N–H and O–H groups in total. The van der Waals surface area contributed by atoms with E-state index < -0.39 is 4.92 Å². The molecule has 1 aliphatic carbocycles. The average Bonchev–Trinajstić information content (AvgIpc) is 2.51. The highest BCUT2D eigenvalue weighted by Crippen LogP contribution is 2.32. The van der Waals surface area contributed by atoms with E-state index in [0.29, 0.717) is 24.1 Å². The number of hydrogen-bond donors (Lipinski definition) is 2. The van der Waals surface area contributed by atoms with Crippen molar-refractivity contribution in [3.05, 3.63) is 39.4 Å². The topological polar surface area (TPSA) is 92.5 Å². The van der Waals surface area contributed by atoms with Crippen molar-refractivity contribution in [2.45, 2.75) is 58.0 Å². The van der Waals surface area contributed by atoms with Crippen LogP contribution in [-0.2, 0) is 5.41 Å². The minimum absolute atomic E-state index is 0.0248. The van der Waals surface area contributed by atoms with E-state index in [4.69, 9.17) is 0 Å². The van der Waals surface area contributed by atoms with Gasteiger partial charge in [0, 0.05) is 23.7 Å². The lowest BCUT2D eigenvalue weighted by atomic mass is 9.85. The molecule has 0 spiro atoms. The van der Waals surface area contributed by atoms with E-state index in [1.54, 1.807) is 12.1 Å². The summed E-state index contributed by atoms with van der Waals surface area (Å²) in [6.07, 6.45) is 3.19. The van der Waals surface area contributed by atoms with Crippen LogP contribution in [0.3, 0.4) is 0 Å². The first-order chi connectivity index (χ1) is 11.2. The number of hydrogen-bond acceptors (Lipinski definition) is 4. The van der Waals surface area contributed by atoms with E-state index in [0.717, 1.165) is 19.3 Å². The van der Waals surface area contributed by atoms with E-state index in [1.165, 1.54) is 6.07 Å². The third-order valence-electron chi connectivity index (χ3n) is 4.57. The minimum atomic E-state index is -0.436. The molecule has 2 rings (SSSR count). The number of amides is 1. The quantitative estimate of drug-likeness (QED) is 0.653. The fourth-order valence-corrected chi connectivity index (χ4v) is 3.25. The van der Waals surface area contributed by atoms with E-state index in [9.17, 15) is 20.0 Å². The molecule has 1 aromatic rings. The Balaban J connectivity index is 2.09. The van der Waals surface area contributed by atoms with Gasteiger partial charge in [-0.15, -0.1) is 0 Å². The monoisotopic (exact) mass is 334 g/mol. The van der Waals surface area contributed by atoms with Gasteiger partial charge in [-0.1, -0.05) is 33.3 Å². The van der Waals surface area contributed by atoms with Gasteiger partial charge in [-0.3, -0.25) is 14.9 Å². The summed E-state index contributed by atoms with van der Waals surface area (Å²) in [5, 5.41) is 23.8. The summed E-state index contributed by atoms with van der Waals surface area (Å²) in [5.74, 6) is -0.0415. The highest BCUT2D eigenvalue weighted by Gasteiger charge is 2.26. The Morgan fingerprint density at radius 3 is 2.67 bits per heavy atom. The van der Waals surface area contributed by atoms with Crippen molar-refractivity contribution in [2.24, 2.45) is 5.92 Å². The lowest BCUT2D eigenvalue weighted by molar-refractivity contribution is -0.386. The van der Waals surface area contributed by atoms with Gasteiger partial charge in [-0.25, -0.2) is 0 Å². The molecule has 0 bridgehead atoms. The van der Waals surface area contributed by atoms with Crippen molar-refractivity contribution in [1.82, 2.24) is 5.32 Å². The summed E-state index contributed by atoms with van der Waals surface area (Å²) < 4.78 is 0. The van der Waals surface area contributed by atoms with Crippen LogP contribution in [0.2, 0.25) is 0 Å². The molecule has 0 aromatic heterocycles. The van der Waals surface area contributed by atoms with Gasteiger partial charge in [0.25, 0.3) is 11.6 Å². The third kappa shape index (κ3) is 4.54. The molecule has 0 aliphatic heterocycles. The number of benzene rings is 1. The van der Waals surface area contributed by atoms with Crippen LogP contribution in [0, 0.1) is 16.0 Å². The average molecular weight is 334 g/mol. The summed E-state index contributed by atoms with van der Waals surface area (Å²) in [7, 11) is 0. The number of nitro benzene ring substituents is 1. The van der Waals surface area contributed by atoms with Gasteiger partial charge < -0.3 is 10.4 Å². The molecule has 1 amide bonds. The standard InChI is InChI=1S/C18H26N2O4/c1-18(2,3)15-8-7-13(10-16(15)20(23)24)17(22)19-11-12-5-4-6-14(21)9-12/h7-8,10,12,14,21H,4-6,9,11H2,1-3H3,(H,19,22). The molecule has 132 valence electrons. The van der Waals surface area contributed by atoms with Gasteiger partial charge in [-0.05, 0) is 36.7 Å². The van der Waals surface area contributed by atoms with Gasteiger partial charge >= 0.3 is 0 Å². The molecule has 24 heavy (non-hydrogen) atoms. The number of carbonyl (C=O) groups excluding carboxylic acids is 1. The minimum Gasteiger partial charge on any atom is -0.393 e. The smallest absolute Gasteiger partial charge is 0.273 e. The van der Waals surface area contributed by atoms with Crippen molar-refractivity contribution in [3.63, 3.8) is 0 Å². The number of aliphatic hydroxyl groups is 1. The number of nitrogens with zero attached hydrogens (tertiary/aromatic N) is 1. The molecule has 1 aliphatic rings. The molecule has 1 fully saturated rings. The molecular formula is C18H26N2O4. The Morgan fingerprint density at radius 1 is 1.38 bits per heavy atom. The Bertz CT molecular complexity index is 622. The van der Waals surface area contributed by atoms with E-state index >= 15 is 0 Å². The van der Waals surface area contributed by atoms with Gasteiger partial charge in [0.05, 0.1) is 11.0 Å². The Hall–Kier alpha value is -1.95. The van der Waals surface area contributed by atoms with Gasteiger partial charge in [0.2, 0.25) is 0 Å². The Labute approximate surface area is 142 Å². The zero-order chi connectivity index (χ0) is 17.9. The van der Waals surface area contributed by atoms with E-state index in [-0.39, 0.29) is 29.0 Å². The highest BCUT2D eigenvalue weighted by molar-refractivity contribution is 5.95. The fraction of sp³-hybridized carbons (Fsp3) is 0.611.